The molecular formula is C13H19N. The van der Waals surface area contributed by atoms with E-state index in [0.717, 1.165) is 18.8 Å². The van der Waals surface area contributed by atoms with Gasteiger partial charge < -0.3 is 0 Å². The Morgan fingerprint density at radius 1 is 1.57 bits per heavy atom. The Morgan fingerprint density at radius 2 is 2.29 bits per heavy atom. The van der Waals surface area contributed by atoms with Crippen LogP contribution in [-0.4, -0.2) is 0 Å². The van der Waals surface area contributed by atoms with Crippen molar-refractivity contribution in [1.82, 2.24) is 0 Å². The molecule has 0 N–H and O–H groups in total. The van der Waals surface area contributed by atoms with Crippen molar-refractivity contribution in [2.75, 3.05) is 0 Å². The van der Waals surface area contributed by atoms with E-state index in [1.165, 1.54) is 24.8 Å². The Kier molecular flexibility index (Phi) is 2.39. The predicted octanol–water partition coefficient (Wildman–Crippen LogP) is 3.67. The van der Waals surface area contributed by atoms with E-state index in [2.05, 4.69) is 26.0 Å². The van der Waals surface area contributed by atoms with Crippen LogP contribution in [0.15, 0.2) is 11.6 Å². The maximum atomic E-state index is 9.14. The SMILES string of the molecule is CC1=CCC(C(C)C2(C#N)CC2)CC1. The molecule has 2 aliphatic rings. The molecule has 0 heterocycles. The van der Waals surface area contributed by atoms with Crippen LogP contribution in [0.4, 0.5) is 0 Å². The Balaban J connectivity index is 2.00. The van der Waals surface area contributed by atoms with Crippen LogP contribution in [0.5, 0.6) is 0 Å². The largest absolute Gasteiger partial charge is 0.198 e. The fraction of sp³-hybridized carbons (Fsp3) is 0.769. The molecule has 2 rings (SSSR count). The van der Waals surface area contributed by atoms with Crippen molar-refractivity contribution in [3.8, 4) is 6.07 Å². The maximum Gasteiger partial charge on any atom is 0.0692 e. The van der Waals surface area contributed by atoms with Gasteiger partial charge >= 0.3 is 0 Å². The maximum absolute atomic E-state index is 9.14. The molecule has 0 bridgehead atoms. The first-order valence-corrected chi connectivity index (χ1v) is 5.75. The molecule has 0 spiro atoms. The van der Waals surface area contributed by atoms with E-state index in [4.69, 9.17) is 5.26 Å². The lowest BCUT2D eigenvalue weighted by atomic mass is 9.74. The standard InChI is InChI=1S/C13H19N/c1-10-3-5-12(6-4-10)11(2)13(9-14)7-8-13/h3,11-12H,4-8H2,1-2H3. The van der Waals surface area contributed by atoms with Gasteiger partial charge in [0, 0.05) is 0 Å². The van der Waals surface area contributed by atoms with E-state index in [0.29, 0.717) is 5.92 Å². The highest BCUT2D eigenvalue weighted by Gasteiger charge is 2.50. The Morgan fingerprint density at radius 3 is 2.71 bits per heavy atom. The van der Waals surface area contributed by atoms with Crippen LogP contribution in [0.2, 0.25) is 0 Å². The molecule has 14 heavy (non-hydrogen) atoms. The molecule has 1 saturated carbocycles. The third-order valence-electron chi connectivity index (χ3n) is 4.27. The van der Waals surface area contributed by atoms with Crippen LogP contribution in [0.25, 0.3) is 0 Å². The first-order valence-electron chi connectivity index (χ1n) is 5.75. The van der Waals surface area contributed by atoms with Gasteiger partial charge in [-0.1, -0.05) is 18.6 Å². The average Bonchev–Trinajstić information content (AvgIpc) is 2.99. The Labute approximate surface area is 86.8 Å². The van der Waals surface area contributed by atoms with Crippen molar-refractivity contribution in [2.45, 2.75) is 46.0 Å². The van der Waals surface area contributed by atoms with Crippen molar-refractivity contribution < 1.29 is 0 Å². The highest BCUT2D eigenvalue weighted by atomic mass is 14.5. The molecule has 0 aliphatic heterocycles. The minimum absolute atomic E-state index is 0.0732. The summed E-state index contributed by atoms with van der Waals surface area (Å²) in [6.45, 7) is 4.51. The van der Waals surface area contributed by atoms with Crippen molar-refractivity contribution in [3.63, 3.8) is 0 Å². The quantitative estimate of drug-likeness (QED) is 0.608. The van der Waals surface area contributed by atoms with Crippen LogP contribution in [-0.2, 0) is 0 Å². The average molecular weight is 189 g/mol. The molecule has 2 aliphatic carbocycles. The van der Waals surface area contributed by atoms with Crippen molar-refractivity contribution in [1.29, 1.82) is 5.26 Å². The van der Waals surface area contributed by atoms with Crippen LogP contribution in [0.1, 0.15) is 46.0 Å². The van der Waals surface area contributed by atoms with E-state index >= 15 is 0 Å². The first-order chi connectivity index (χ1) is 6.68. The van der Waals surface area contributed by atoms with Crippen LogP contribution in [0.3, 0.4) is 0 Å². The molecule has 0 aromatic carbocycles. The minimum Gasteiger partial charge on any atom is -0.198 e. The Bertz CT molecular complexity index is 291. The molecule has 1 nitrogen and oxygen atoms in total. The third kappa shape index (κ3) is 1.59. The van der Waals surface area contributed by atoms with E-state index in [9.17, 15) is 0 Å². The Hall–Kier alpha value is -0.770. The smallest absolute Gasteiger partial charge is 0.0692 e. The lowest BCUT2D eigenvalue weighted by Crippen LogP contribution is -2.22. The molecule has 0 amide bonds. The monoisotopic (exact) mass is 189 g/mol. The van der Waals surface area contributed by atoms with Gasteiger partial charge in [0.05, 0.1) is 11.5 Å². The van der Waals surface area contributed by atoms with Crippen LogP contribution < -0.4 is 0 Å². The number of nitriles is 1. The lowest BCUT2D eigenvalue weighted by Gasteiger charge is -2.29. The minimum atomic E-state index is 0.0732. The molecule has 1 heteroatoms. The second-order valence-electron chi connectivity index (χ2n) is 5.14. The highest BCUT2D eigenvalue weighted by Crippen LogP contribution is 2.55. The van der Waals surface area contributed by atoms with Gasteiger partial charge in [-0.15, -0.1) is 0 Å². The van der Waals surface area contributed by atoms with Gasteiger partial charge in [-0.25, -0.2) is 0 Å². The van der Waals surface area contributed by atoms with Gasteiger partial charge in [0.15, 0.2) is 0 Å². The van der Waals surface area contributed by atoms with Crippen LogP contribution >= 0.6 is 0 Å². The lowest BCUT2D eigenvalue weighted by molar-refractivity contribution is 0.253. The second kappa shape index (κ2) is 3.42. The third-order valence-corrected chi connectivity index (χ3v) is 4.27. The van der Waals surface area contributed by atoms with Gasteiger partial charge in [-0.2, -0.15) is 5.26 Å². The molecule has 0 radical (unpaired) electrons. The van der Waals surface area contributed by atoms with E-state index < -0.39 is 0 Å². The topological polar surface area (TPSA) is 23.8 Å². The van der Waals surface area contributed by atoms with Crippen LogP contribution in [0, 0.1) is 28.6 Å². The molecule has 0 aromatic heterocycles. The number of nitrogens with zero attached hydrogens (tertiary/aromatic N) is 1. The fourth-order valence-electron chi connectivity index (χ4n) is 2.69. The molecule has 1 fully saturated rings. The normalized spacial score (nSPS) is 31.5. The molecular weight excluding hydrogens is 170 g/mol. The molecule has 2 unspecified atom stereocenters. The fourth-order valence-corrected chi connectivity index (χ4v) is 2.69. The zero-order valence-corrected chi connectivity index (χ0v) is 9.21. The van der Waals surface area contributed by atoms with E-state index in [1.807, 2.05) is 0 Å². The first kappa shape index (κ1) is 9.77. The summed E-state index contributed by atoms with van der Waals surface area (Å²) in [6, 6.07) is 2.54. The summed E-state index contributed by atoms with van der Waals surface area (Å²) in [5, 5.41) is 9.14. The summed E-state index contributed by atoms with van der Waals surface area (Å²) in [7, 11) is 0. The molecule has 0 saturated heterocycles. The number of rotatable bonds is 2. The van der Waals surface area contributed by atoms with E-state index in [1.54, 1.807) is 0 Å². The molecule has 2 atom stereocenters. The molecule has 0 aromatic rings. The zero-order chi connectivity index (χ0) is 10.2. The van der Waals surface area contributed by atoms with Gasteiger partial charge in [-0.05, 0) is 50.9 Å². The van der Waals surface area contributed by atoms with Gasteiger partial charge in [0.2, 0.25) is 0 Å². The van der Waals surface area contributed by atoms with Crippen molar-refractivity contribution >= 4 is 0 Å². The summed E-state index contributed by atoms with van der Waals surface area (Å²) in [5.74, 6) is 1.37. The summed E-state index contributed by atoms with van der Waals surface area (Å²) in [5.41, 5.74) is 1.61. The van der Waals surface area contributed by atoms with Crippen molar-refractivity contribution in [2.24, 2.45) is 17.3 Å². The number of hydrogen-bond acceptors (Lipinski definition) is 1. The summed E-state index contributed by atoms with van der Waals surface area (Å²) >= 11 is 0. The van der Waals surface area contributed by atoms with Gasteiger partial charge in [0.1, 0.15) is 0 Å². The van der Waals surface area contributed by atoms with E-state index in [-0.39, 0.29) is 5.41 Å². The predicted molar refractivity (Wildman–Crippen MR) is 57.5 cm³/mol. The van der Waals surface area contributed by atoms with Gasteiger partial charge in [-0.3, -0.25) is 0 Å². The summed E-state index contributed by atoms with van der Waals surface area (Å²) < 4.78 is 0. The highest BCUT2D eigenvalue weighted by molar-refractivity contribution is 5.15. The molecule has 76 valence electrons. The summed E-state index contributed by atoms with van der Waals surface area (Å²) in [4.78, 5) is 0. The second-order valence-corrected chi connectivity index (χ2v) is 5.14. The van der Waals surface area contributed by atoms with Gasteiger partial charge in [0.25, 0.3) is 0 Å². The summed E-state index contributed by atoms with van der Waals surface area (Å²) in [6.07, 6.45) is 8.41. The zero-order valence-electron chi connectivity index (χ0n) is 9.21. The van der Waals surface area contributed by atoms with Crippen molar-refractivity contribution in [3.05, 3.63) is 11.6 Å². The number of allylic oxidation sites excluding steroid dienone is 2. The number of hydrogen-bond donors (Lipinski definition) is 0.